The van der Waals surface area contributed by atoms with Crippen molar-refractivity contribution < 1.29 is 4.42 Å². The molecule has 0 saturated carbocycles. The molecule has 0 bridgehead atoms. The summed E-state index contributed by atoms with van der Waals surface area (Å²) in [6.45, 7) is 0. The molecule has 10 aromatic carbocycles. The van der Waals surface area contributed by atoms with E-state index in [1.54, 1.807) is 0 Å². The van der Waals surface area contributed by atoms with Crippen molar-refractivity contribution in [3.63, 3.8) is 0 Å². The molecular formula is C56H36N2O. The first-order chi connectivity index (χ1) is 29.3. The molecule has 0 fully saturated rings. The number of fused-ring (bicyclic) bond motifs is 8. The topological polar surface area (TPSA) is 21.3 Å². The van der Waals surface area contributed by atoms with Crippen LogP contribution < -0.4 is 4.90 Å². The Balaban J connectivity index is 1.07. The van der Waals surface area contributed by atoms with Gasteiger partial charge in [-0.15, -0.1) is 0 Å². The summed E-state index contributed by atoms with van der Waals surface area (Å²) in [6, 6.07) is 78.6. The zero-order valence-electron chi connectivity index (χ0n) is 32.1. The fraction of sp³-hybridized carbons (Fsp3) is 0. The molecule has 3 heteroatoms. The number of furan rings is 1. The Morgan fingerprint density at radius 3 is 1.78 bits per heavy atom. The number of nitrogens with zero attached hydrogens (tertiary/aromatic N) is 2. The molecule has 2 aromatic heterocycles. The largest absolute Gasteiger partial charge is 0.456 e. The lowest BCUT2D eigenvalue weighted by Gasteiger charge is -2.26. The van der Waals surface area contributed by atoms with Crippen LogP contribution in [0, 0.1) is 0 Å². The Kier molecular flexibility index (Phi) is 7.54. The maximum atomic E-state index is 6.72. The summed E-state index contributed by atoms with van der Waals surface area (Å²) in [7, 11) is 0. The van der Waals surface area contributed by atoms with Crippen molar-refractivity contribution >= 4 is 82.4 Å². The molecule has 0 N–H and O–H groups in total. The highest BCUT2D eigenvalue weighted by atomic mass is 16.3. The molecule has 276 valence electrons. The normalized spacial score (nSPS) is 11.7. The molecule has 0 atom stereocenters. The number of aromatic nitrogens is 1. The van der Waals surface area contributed by atoms with Gasteiger partial charge in [-0.2, -0.15) is 0 Å². The van der Waals surface area contributed by atoms with Crippen LogP contribution in [0.15, 0.2) is 223 Å². The van der Waals surface area contributed by atoms with Gasteiger partial charge in [-0.25, -0.2) is 0 Å². The van der Waals surface area contributed by atoms with Gasteiger partial charge in [0.15, 0.2) is 0 Å². The van der Waals surface area contributed by atoms with E-state index >= 15 is 0 Å². The van der Waals surface area contributed by atoms with Gasteiger partial charge < -0.3 is 13.9 Å². The van der Waals surface area contributed by atoms with Crippen molar-refractivity contribution in [2.24, 2.45) is 0 Å². The second kappa shape index (κ2) is 13.4. The van der Waals surface area contributed by atoms with Gasteiger partial charge in [0.2, 0.25) is 0 Å². The fourth-order valence-electron chi connectivity index (χ4n) is 9.27. The number of benzene rings is 10. The number of para-hydroxylation sites is 2. The van der Waals surface area contributed by atoms with Crippen LogP contribution in [0.1, 0.15) is 0 Å². The second-order valence-electron chi connectivity index (χ2n) is 15.3. The maximum absolute atomic E-state index is 6.72. The number of hydrogen-bond donors (Lipinski definition) is 0. The monoisotopic (exact) mass is 752 g/mol. The number of anilines is 3. The van der Waals surface area contributed by atoms with Gasteiger partial charge in [-0.1, -0.05) is 152 Å². The van der Waals surface area contributed by atoms with Crippen LogP contribution in [-0.2, 0) is 0 Å². The van der Waals surface area contributed by atoms with E-state index in [1.807, 2.05) is 0 Å². The smallest absolute Gasteiger partial charge is 0.138 e. The Hall–Kier alpha value is -7.88. The van der Waals surface area contributed by atoms with E-state index in [1.165, 1.54) is 54.6 Å². The Morgan fingerprint density at radius 1 is 0.356 bits per heavy atom. The minimum atomic E-state index is 0.878. The highest BCUT2D eigenvalue weighted by molar-refractivity contribution is 6.28. The second-order valence-corrected chi connectivity index (χ2v) is 15.3. The third-order valence-corrected chi connectivity index (χ3v) is 12.0. The molecule has 0 aliphatic heterocycles. The molecule has 2 heterocycles. The Labute approximate surface area is 341 Å². The summed E-state index contributed by atoms with van der Waals surface area (Å²) < 4.78 is 9.12. The summed E-state index contributed by atoms with van der Waals surface area (Å²) in [4.78, 5) is 2.35. The van der Waals surface area contributed by atoms with E-state index in [9.17, 15) is 0 Å². The Morgan fingerprint density at radius 2 is 0.966 bits per heavy atom. The predicted octanol–water partition coefficient (Wildman–Crippen LogP) is 15.8. The van der Waals surface area contributed by atoms with E-state index in [0.29, 0.717) is 0 Å². The summed E-state index contributed by atoms with van der Waals surface area (Å²) in [5.41, 5.74) is 13.2. The molecule has 0 aliphatic carbocycles. The molecule has 0 aliphatic rings. The summed E-state index contributed by atoms with van der Waals surface area (Å²) in [5, 5.41) is 9.56. The van der Waals surface area contributed by atoms with Crippen LogP contribution in [0.2, 0.25) is 0 Å². The fourth-order valence-corrected chi connectivity index (χ4v) is 9.27. The van der Waals surface area contributed by atoms with Crippen LogP contribution >= 0.6 is 0 Å². The SMILES string of the molecule is c1ccc(-c2ccc(N(c3ccc(-n4c5ccccc5c5c(-c6cccc7ccccc67)c6c(cc54)oc4ccccc46)cc3)c3ccc4ccccc4c3)cc2)cc1. The summed E-state index contributed by atoms with van der Waals surface area (Å²) >= 11 is 0. The minimum absolute atomic E-state index is 0.878. The van der Waals surface area contributed by atoms with Crippen LogP contribution in [0.25, 0.3) is 93.2 Å². The molecule has 3 nitrogen and oxygen atoms in total. The molecule has 0 radical (unpaired) electrons. The Bertz CT molecular complexity index is 3540. The van der Waals surface area contributed by atoms with Crippen LogP contribution in [-0.4, -0.2) is 4.57 Å². The van der Waals surface area contributed by atoms with E-state index < -0.39 is 0 Å². The average molecular weight is 753 g/mol. The molecule has 0 saturated heterocycles. The lowest BCUT2D eigenvalue weighted by atomic mass is 9.91. The van der Waals surface area contributed by atoms with Crippen molar-refractivity contribution in [3.8, 4) is 27.9 Å². The standard InChI is InChI=1S/C56H36N2O/c1-2-13-37(14-3-1)39-25-28-42(29-26-39)57(45-30-27-38-15-4-5-17-41(38)35-45)43-31-33-44(34-32-43)58-50-23-10-8-20-48(50)54-51(58)36-53-55(49-21-9-11-24-52(49)59-53)56(54)47-22-12-18-40-16-6-7-19-46(40)47/h1-36H. The van der Waals surface area contributed by atoms with Crippen molar-refractivity contribution in [2.75, 3.05) is 4.90 Å². The van der Waals surface area contributed by atoms with Gasteiger partial charge in [0, 0.05) is 55.9 Å². The van der Waals surface area contributed by atoms with Gasteiger partial charge in [0.05, 0.1) is 11.0 Å². The van der Waals surface area contributed by atoms with Crippen LogP contribution in [0.4, 0.5) is 17.1 Å². The molecule has 0 unspecified atom stereocenters. The molecule has 0 spiro atoms. The van der Waals surface area contributed by atoms with Gasteiger partial charge in [-0.05, 0) is 98.9 Å². The van der Waals surface area contributed by atoms with Crippen LogP contribution in [0.5, 0.6) is 0 Å². The molecule has 12 aromatic rings. The number of rotatable bonds is 6. The lowest BCUT2D eigenvalue weighted by Crippen LogP contribution is -2.10. The van der Waals surface area contributed by atoms with Crippen molar-refractivity contribution in [2.45, 2.75) is 0 Å². The lowest BCUT2D eigenvalue weighted by molar-refractivity contribution is 0.669. The molecular weight excluding hydrogens is 717 g/mol. The molecule has 12 rings (SSSR count). The van der Waals surface area contributed by atoms with Gasteiger partial charge in [0.25, 0.3) is 0 Å². The maximum Gasteiger partial charge on any atom is 0.138 e. The highest BCUT2D eigenvalue weighted by Crippen LogP contribution is 2.48. The van der Waals surface area contributed by atoms with Crippen LogP contribution in [0.3, 0.4) is 0 Å². The van der Waals surface area contributed by atoms with E-state index in [4.69, 9.17) is 4.42 Å². The molecule has 59 heavy (non-hydrogen) atoms. The van der Waals surface area contributed by atoms with Crippen molar-refractivity contribution in [3.05, 3.63) is 218 Å². The van der Waals surface area contributed by atoms with Gasteiger partial charge in [0.1, 0.15) is 11.2 Å². The zero-order valence-corrected chi connectivity index (χ0v) is 32.1. The van der Waals surface area contributed by atoms with E-state index in [0.717, 1.165) is 55.7 Å². The van der Waals surface area contributed by atoms with Gasteiger partial charge >= 0.3 is 0 Å². The third-order valence-electron chi connectivity index (χ3n) is 12.0. The third kappa shape index (κ3) is 5.36. The van der Waals surface area contributed by atoms with Gasteiger partial charge in [-0.3, -0.25) is 0 Å². The first-order valence-electron chi connectivity index (χ1n) is 20.2. The van der Waals surface area contributed by atoms with E-state index in [2.05, 4.69) is 228 Å². The number of hydrogen-bond acceptors (Lipinski definition) is 2. The first-order valence-corrected chi connectivity index (χ1v) is 20.2. The van der Waals surface area contributed by atoms with E-state index in [-0.39, 0.29) is 0 Å². The van der Waals surface area contributed by atoms with Crippen molar-refractivity contribution in [1.29, 1.82) is 0 Å². The minimum Gasteiger partial charge on any atom is -0.456 e. The highest BCUT2D eigenvalue weighted by Gasteiger charge is 2.24. The summed E-state index contributed by atoms with van der Waals surface area (Å²) in [5.74, 6) is 0. The first kappa shape index (κ1) is 33.3. The molecule has 0 amide bonds. The van der Waals surface area contributed by atoms with Crippen molar-refractivity contribution in [1.82, 2.24) is 4.57 Å². The summed E-state index contributed by atoms with van der Waals surface area (Å²) in [6.07, 6.45) is 0. The average Bonchev–Trinajstić information content (AvgIpc) is 3.84. The quantitative estimate of drug-likeness (QED) is 0.169. The predicted molar refractivity (Wildman–Crippen MR) is 249 cm³/mol. The zero-order chi connectivity index (χ0) is 38.9.